The summed E-state index contributed by atoms with van der Waals surface area (Å²) in [6.45, 7) is 3.77. The third kappa shape index (κ3) is 3.05. The van der Waals surface area contributed by atoms with Gasteiger partial charge in [0.25, 0.3) is 0 Å². The van der Waals surface area contributed by atoms with Crippen LogP contribution in [0.4, 0.5) is 0 Å². The van der Waals surface area contributed by atoms with Crippen molar-refractivity contribution in [1.29, 1.82) is 0 Å². The van der Waals surface area contributed by atoms with Crippen LogP contribution in [0.1, 0.15) is 18.4 Å². The van der Waals surface area contributed by atoms with Crippen LogP contribution in [-0.2, 0) is 9.53 Å². The lowest BCUT2D eigenvalue weighted by atomic mass is 10.1. The predicted octanol–water partition coefficient (Wildman–Crippen LogP) is 2.73. The number of aromatic nitrogens is 1. The molecule has 1 aromatic carbocycles. The molecule has 0 aliphatic rings. The van der Waals surface area contributed by atoms with Crippen molar-refractivity contribution in [1.82, 2.24) is 4.98 Å². The van der Waals surface area contributed by atoms with E-state index in [1.165, 1.54) is 12.1 Å². The molecule has 2 rings (SSSR count). The van der Waals surface area contributed by atoms with Crippen molar-refractivity contribution >= 4 is 34.5 Å². The molecule has 20 heavy (non-hydrogen) atoms. The van der Waals surface area contributed by atoms with Gasteiger partial charge in [-0.25, -0.2) is 14.6 Å². The first kappa shape index (κ1) is 14.3. The lowest BCUT2D eigenvalue weighted by Gasteiger charge is -2.02. The van der Waals surface area contributed by atoms with Gasteiger partial charge in [-0.15, -0.1) is 0 Å². The zero-order valence-electron chi connectivity index (χ0n) is 11.0. The maximum atomic E-state index is 11.9. The SMILES string of the molecule is CCOC(=O)/C=C\c1nc2c(C)cc(Cl)cc2c(=O)o1. The second-order valence-electron chi connectivity index (χ2n) is 4.04. The van der Waals surface area contributed by atoms with Crippen LogP contribution in [0.2, 0.25) is 5.02 Å². The van der Waals surface area contributed by atoms with E-state index in [4.69, 9.17) is 20.8 Å². The van der Waals surface area contributed by atoms with Gasteiger partial charge in [0.1, 0.15) is 0 Å². The molecule has 104 valence electrons. The van der Waals surface area contributed by atoms with E-state index in [2.05, 4.69) is 4.98 Å². The average molecular weight is 294 g/mol. The number of benzene rings is 1. The largest absolute Gasteiger partial charge is 0.463 e. The van der Waals surface area contributed by atoms with Crippen LogP contribution < -0.4 is 5.63 Å². The van der Waals surface area contributed by atoms with Gasteiger partial charge in [-0.3, -0.25) is 0 Å². The summed E-state index contributed by atoms with van der Waals surface area (Å²) in [5.41, 5.74) is 0.699. The average Bonchev–Trinajstić information content (AvgIpc) is 2.38. The number of hydrogen-bond acceptors (Lipinski definition) is 5. The van der Waals surface area contributed by atoms with Crippen molar-refractivity contribution in [3.8, 4) is 0 Å². The molecule has 6 heteroatoms. The minimum absolute atomic E-state index is 0.0426. The maximum absolute atomic E-state index is 11.9. The molecule has 5 nitrogen and oxygen atoms in total. The van der Waals surface area contributed by atoms with Crippen LogP contribution >= 0.6 is 11.6 Å². The molecule has 0 spiro atoms. The summed E-state index contributed by atoms with van der Waals surface area (Å²) < 4.78 is 9.74. The fourth-order valence-corrected chi connectivity index (χ4v) is 2.00. The molecular weight excluding hydrogens is 282 g/mol. The quantitative estimate of drug-likeness (QED) is 0.643. The van der Waals surface area contributed by atoms with Crippen LogP contribution in [0, 0.1) is 6.92 Å². The van der Waals surface area contributed by atoms with E-state index >= 15 is 0 Å². The van der Waals surface area contributed by atoms with Crippen molar-refractivity contribution in [3.05, 3.63) is 45.1 Å². The highest BCUT2D eigenvalue weighted by molar-refractivity contribution is 6.31. The first-order valence-corrected chi connectivity index (χ1v) is 6.35. The molecule has 0 aliphatic carbocycles. The Balaban J connectivity index is 2.48. The van der Waals surface area contributed by atoms with Gasteiger partial charge in [-0.1, -0.05) is 11.6 Å². The van der Waals surface area contributed by atoms with Gasteiger partial charge >= 0.3 is 11.6 Å². The van der Waals surface area contributed by atoms with E-state index in [1.807, 2.05) is 0 Å². The monoisotopic (exact) mass is 293 g/mol. The summed E-state index contributed by atoms with van der Waals surface area (Å²) in [6, 6.07) is 3.21. The summed E-state index contributed by atoms with van der Waals surface area (Å²) >= 11 is 5.89. The molecular formula is C14H12ClNO4. The van der Waals surface area contributed by atoms with Crippen molar-refractivity contribution in [2.75, 3.05) is 6.61 Å². The number of esters is 1. The minimum atomic E-state index is -0.552. The topological polar surface area (TPSA) is 69.4 Å². The van der Waals surface area contributed by atoms with Crippen molar-refractivity contribution in [2.24, 2.45) is 0 Å². The van der Waals surface area contributed by atoms with E-state index in [0.717, 1.165) is 11.6 Å². The Morgan fingerprint density at radius 2 is 2.25 bits per heavy atom. The molecule has 0 aliphatic heterocycles. The Bertz CT molecular complexity index is 749. The van der Waals surface area contributed by atoms with Gasteiger partial charge < -0.3 is 9.15 Å². The van der Waals surface area contributed by atoms with Gasteiger partial charge in [-0.2, -0.15) is 0 Å². The van der Waals surface area contributed by atoms with E-state index in [9.17, 15) is 9.59 Å². The normalized spacial score (nSPS) is 11.2. The molecule has 2 aromatic rings. The molecule has 0 radical (unpaired) electrons. The second kappa shape index (κ2) is 5.88. The van der Waals surface area contributed by atoms with Crippen LogP contribution in [0.3, 0.4) is 0 Å². The first-order chi connectivity index (χ1) is 9.51. The lowest BCUT2D eigenvalue weighted by molar-refractivity contribution is -0.137. The van der Waals surface area contributed by atoms with Crippen LogP contribution in [0.15, 0.2) is 27.4 Å². The molecule has 0 unspecified atom stereocenters. The molecule has 1 heterocycles. The van der Waals surface area contributed by atoms with E-state index in [0.29, 0.717) is 15.9 Å². The number of nitrogens with zero attached hydrogens (tertiary/aromatic N) is 1. The van der Waals surface area contributed by atoms with Gasteiger partial charge in [-0.05, 0) is 31.5 Å². The summed E-state index contributed by atoms with van der Waals surface area (Å²) in [4.78, 5) is 27.3. The number of carbonyl (C=O) groups is 1. The summed E-state index contributed by atoms with van der Waals surface area (Å²) in [7, 11) is 0. The number of ether oxygens (including phenoxy) is 1. The Kier molecular flexibility index (Phi) is 4.20. The third-order valence-electron chi connectivity index (χ3n) is 2.55. The fourth-order valence-electron chi connectivity index (χ4n) is 1.72. The second-order valence-corrected chi connectivity index (χ2v) is 4.48. The number of fused-ring (bicyclic) bond motifs is 1. The minimum Gasteiger partial charge on any atom is -0.463 e. The lowest BCUT2D eigenvalue weighted by Crippen LogP contribution is -2.05. The van der Waals surface area contributed by atoms with Gasteiger partial charge in [0.05, 0.1) is 17.5 Å². The van der Waals surface area contributed by atoms with Gasteiger partial charge in [0, 0.05) is 17.2 Å². The number of aryl methyl sites for hydroxylation is 1. The Morgan fingerprint density at radius 1 is 1.50 bits per heavy atom. The highest BCUT2D eigenvalue weighted by atomic mass is 35.5. The molecule has 1 aromatic heterocycles. The fraction of sp³-hybridized carbons (Fsp3) is 0.214. The number of halogens is 1. The first-order valence-electron chi connectivity index (χ1n) is 5.97. The molecule has 0 fully saturated rings. The molecule has 0 atom stereocenters. The van der Waals surface area contributed by atoms with Crippen molar-refractivity contribution in [3.63, 3.8) is 0 Å². The molecule has 0 amide bonds. The Labute approximate surface area is 119 Å². The van der Waals surface area contributed by atoms with Gasteiger partial charge in [0.2, 0.25) is 5.89 Å². The highest BCUT2D eigenvalue weighted by Crippen LogP contribution is 2.20. The van der Waals surface area contributed by atoms with Crippen molar-refractivity contribution < 1.29 is 13.9 Å². The number of carbonyl (C=O) groups excluding carboxylic acids is 1. The number of hydrogen-bond donors (Lipinski definition) is 0. The molecule has 0 bridgehead atoms. The van der Waals surface area contributed by atoms with E-state index in [1.54, 1.807) is 19.9 Å². The van der Waals surface area contributed by atoms with Crippen LogP contribution in [0.25, 0.3) is 17.0 Å². The number of rotatable bonds is 3. The van der Waals surface area contributed by atoms with Crippen LogP contribution in [-0.4, -0.2) is 17.6 Å². The Hall–Kier alpha value is -2.14. The Morgan fingerprint density at radius 3 is 2.95 bits per heavy atom. The standard InChI is InChI=1S/C14H12ClNO4/c1-3-19-12(17)5-4-11-16-13-8(2)6-9(15)7-10(13)14(18)20-11/h4-7H,3H2,1-2H3/b5-4-. The molecule has 0 saturated heterocycles. The zero-order chi connectivity index (χ0) is 14.7. The summed E-state index contributed by atoms with van der Waals surface area (Å²) in [5.74, 6) is -0.481. The summed E-state index contributed by atoms with van der Waals surface area (Å²) in [5, 5.41) is 0.752. The molecule has 0 N–H and O–H groups in total. The summed E-state index contributed by atoms with van der Waals surface area (Å²) in [6.07, 6.45) is 2.46. The maximum Gasteiger partial charge on any atom is 0.347 e. The van der Waals surface area contributed by atoms with E-state index in [-0.39, 0.29) is 12.5 Å². The predicted molar refractivity (Wildman–Crippen MR) is 75.7 cm³/mol. The van der Waals surface area contributed by atoms with E-state index < -0.39 is 11.6 Å². The zero-order valence-corrected chi connectivity index (χ0v) is 11.7. The third-order valence-corrected chi connectivity index (χ3v) is 2.77. The smallest absolute Gasteiger partial charge is 0.347 e. The van der Waals surface area contributed by atoms with Crippen molar-refractivity contribution in [2.45, 2.75) is 13.8 Å². The highest BCUT2D eigenvalue weighted by Gasteiger charge is 2.08. The van der Waals surface area contributed by atoms with Gasteiger partial charge in [0.15, 0.2) is 0 Å². The van der Waals surface area contributed by atoms with Crippen LogP contribution in [0.5, 0.6) is 0 Å². The molecule has 0 saturated carbocycles.